The van der Waals surface area contributed by atoms with Gasteiger partial charge >= 0.3 is 6.03 Å². The van der Waals surface area contributed by atoms with Crippen molar-refractivity contribution in [1.29, 1.82) is 0 Å². The standard InChI is InChI=1S/C24H28N2O3/c1-16-4-3-5-18(10-16)22(27)19-11-24(12-19)13-20(14-24)26-23(28)25-15-17-6-8-21(29-2)9-7-17/h3-10,19-20H,11-15H2,1-2H3,(H2,25,26,28). The number of rotatable bonds is 6. The van der Waals surface area contributed by atoms with Crippen molar-refractivity contribution in [3.8, 4) is 5.75 Å². The lowest BCUT2D eigenvalue weighted by Gasteiger charge is -2.57. The zero-order chi connectivity index (χ0) is 20.4. The van der Waals surface area contributed by atoms with Crippen LogP contribution >= 0.6 is 0 Å². The lowest BCUT2D eigenvalue weighted by atomic mass is 9.49. The van der Waals surface area contributed by atoms with E-state index in [-0.39, 0.29) is 29.2 Å². The lowest BCUT2D eigenvalue weighted by Crippen LogP contribution is -2.58. The predicted octanol–water partition coefficient (Wildman–Crippen LogP) is 4.24. The summed E-state index contributed by atoms with van der Waals surface area (Å²) in [6.45, 7) is 2.50. The number of aryl methyl sites for hydroxylation is 1. The second kappa shape index (κ2) is 7.90. The number of nitrogens with one attached hydrogen (secondary N) is 2. The number of carbonyl (C=O) groups is 2. The van der Waals surface area contributed by atoms with Gasteiger partial charge in [-0.2, -0.15) is 0 Å². The van der Waals surface area contributed by atoms with Crippen LogP contribution in [0, 0.1) is 18.3 Å². The van der Waals surface area contributed by atoms with Gasteiger partial charge < -0.3 is 15.4 Å². The number of amides is 2. The molecule has 2 saturated carbocycles. The molecule has 1 spiro atoms. The van der Waals surface area contributed by atoms with Crippen molar-refractivity contribution in [2.75, 3.05) is 7.11 Å². The average molecular weight is 392 g/mol. The first-order valence-electron chi connectivity index (χ1n) is 10.2. The molecule has 0 saturated heterocycles. The van der Waals surface area contributed by atoms with Crippen LogP contribution in [-0.2, 0) is 6.54 Å². The number of hydrogen-bond acceptors (Lipinski definition) is 3. The number of ether oxygens (including phenoxy) is 1. The highest BCUT2D eigenvalue weighted by Gasteiger charge is 2.54. The zero-order valence-corrected chi connectivity index (χ0v) is 17.0. The molecule has 0 aromatic heterocycles. The third kappa shape index (κ3) is 4.29. The van der Waals surface area contributed by atoms with Gasteiger partial charge in [0.2, 0.25) is 0 Å². The molecule has 0 aliphatic heterocycles. The van der Waals surface area contributed by atoms with Crippen LogP contribution in [0.4, 0.5) is 4.79 Å². The normalized spacial score (nSPS) is 24.9. The third-order valence-corrected chi connectivity index (χ3v) is 6.34. The Kier molecular flexibility index (Phi) is 5.31. The molecule has 0 heterocycles. The molecule has 4 rings (SSSR count). The summed E-state index contributed by atoms with van der Waals surface area (Å²) in [6.07, 6.45) is 3.85. The molecule has 0 bridgehead atoms. The number of ketones is 1. The Morgan fingerprint density at radius 1 is 1.07 bits per heavy atom. The number of Topliss-reactive ketones (excluding diaryl/α,β-unsaturated/α-hetero) is 1. The smallest absolute Gasteiger partial charge is 0.315 e. The summed E-state index contributed by atoms with van der Waals surface area (Å²) in [5.74, 6) is 1.22. The average Bonchev–Trinajstić information content (AvgIpc) is 2.67. The fraction of sp³-hybridized carbons (Fsp3) is 0.417. The largest absolute Gasteiger partial charge is 0.497 e. The Bertz CT molecular complexity index is 893. The Labute approximate surface area is 171 Å². The molecule has 0 atom stereocenters. The van der Waals surface area contributed by atoms with E-state index in [0.29, 0.717) is 6.54 Å². The molecule has 2 aromatic carbocycles. The molecule has 2 fully saturated rings. The Morgan fingerprint density at radius 3 is 2.45 bits per heavy atom. The Morgan fingerprint density at radius 2 is 1.79 bits per heavy atom. The first-order chi connectivity index (χ1) is 14.0. The fourth-order valence-corrected chi connectivity index (χ4v) is 4.79. The van der Waals surface area contributed by atoms with E-state index in [1.165, 1.54) is 0 Å². The van der Waals surface area contributed by atoms with Crippen LogP contribution in [0.3, 0.4) is 0 Å². The molecule has 5 nitrogen and oxygen atoms in total. The second-order valence-corrected chi connectivity index (χ2v) is 8.62. The van der Waals surface area contributed by atoms with Crippen molar-refractivity contribution in [2.24, 2.45) is 11.3 Å². The van der Waals surface area contributed by atoms with Crippen molar-refractivity contribution in [3.05, 3.63) is 65.2 Å². The van der Waals surface area contributed by atoms with Crippen LogP contribution in [0.2, 0.25) is 0 Å². The molecule has 2 aliphatic rings. The van der Waals surface area contributed by atoms with Gasteiger partial charge in [0.15, 0.2) is 5.78 Å². The minimum absolute atomic E-state index is 0.132. The highest BCUT2D eigenvalue weighted by Crippen LogP contribution is 2.59. The van der Waals surface area contributed by atoms with E-state index in [2.05, 4.69) is 10.6 Å². The van der Waals surface area contributed by atoms with Crippen molar-refractivity contribution < 1.29 is 14.3 Å². The second-order valence-electron chi connectivity index (χ2n) is 8.62. The molecular formula is C24H28N2O3. The van der Waals surface area contributed by atoms with Gasteiger partial charge in [-0.3, -0.25) is 4.79 Å². The van der Waals surface area contributed by atoms with Crippen LogP contribution in [0.25, 0.3) is 0 Å². The van der Waals surface area contributed by atoms with E-state index < -0.39 is 0 Å². The molecule has 0 radical (unpaired) electrons. The van der Waals surface area contributed by atoms with E-state index in [1.807, 2.05) is 55.5 Å². The van der Waals surface area contributed by atoms with E-state index in [1.54, 1.807) is 7.11 Å². The van der Waals surface area contributed by atoms with E-state index in [4.69, 9.17) is 4.74 Å². The molecular weight excluding hydrogens is 364 g/mol. The summed E-state index contributed by atoms with van der Waals surface area (Å²) in [6, 6.07) is 15.6. The molecule has 5 heteroatoms. The summed E-state index contributed by atoms with van der Waals surface area (Å²) in [5, 5.41) is 5.96. The van der Waals surface area contributed by atoms with Crippen LogP contribution < -0.4 is 15.4 Å². The predicted molar refractivity (Wildman–Crippen MR) is 112 cm³/mol. The summed E-state index contributed by atoms with van der Waals surface area (Å²) in [4.78, 5) is 24.8. The van der Waals surface area contributed by atoms with Crippen LogP contribution in [0.1, 0.15) is 47.2 Å². The van der Waals surface area contributed by atoms with Gasteiger partial charge in [-0.25, -0.2) is 4.79 Å². The monoisotopic (exact) mass is 392 g/mol. The summed E-state index contributed by atoms with van der Waals surface area (Å²) in [5.41, 5.74) is 3.25. The molecule has 2 aliphatic carbocycles. The topological polar surface area (TPSA) is 67.4 Å². The quantitative estimate of drug-likeness (QED) is 0.723. The van der Waals surface area contributed by atoms with Gasteiger partial charge in [-0.05, 0) is 61.8 Å². The molecule has 29 heavy (non-hydrogen) atoms. The van der Waals surface area contributed by atoms with Crippen molar-refractivity contribution in [3.63, 3.8) is 0 Å². The van der Waals surface area contributed by atoms with Crippen molar-refractivity contribution >= 4 is 11.8 Å². The van der Waals surface area contributed by atoms with E-state index >= 15 is 0 Å². The number of methoxy groups -OCH3 is 1. The van der Waals surface area contributed by atoms with Gasteiger partial charge in [0.25, 0.3) is 0 Å². The number of benzene rings is 2. The van der Waals surface area contributed by atoms with Gasteiger partial charge in [-0.1, -0.05) is 35.9 Å². The van der Waals surface area contributed by atoms with Crippen LogP contribution in [0.15, 0.2) is 48.5 Å². The summed E-state index contributed by atoms with van der Waals surface area (Å²) >= 11 is 0. The highest BCUT2D eigenvalue weighted by molar-refractivity contribution is 5.98. The molecule has 2 amide bonds. The maximum atomic E-state index is 12.6. The summed E-state index contributed by atoms with van der Waals surface area (Å²) in [7, 11) is 1.63. The van der Waals surface area contributed by atoms with Crippen LogP contribution in [0.5, 0.6) is 5.75 Å². The van der Waals surface area contributed by atoms with Crippen molar-refractivity contribution in [1.82, 2.24) is 10.6 Å². The summed E-state index contributed by atoms with van der Waals surface area (Å²) < 4.78 is 5.14. The minimum Gasteiger partial charge on any atom is -0.497 e. The first-order valence-corrected chi connectivity index (χ1v) is 10.2. The van der Waals surface area contributed by atoms with E-state index in [0.717, 1.165) is 48.1 Å². The molecule has 2 N–H and O–H groups in total. The zero-order valence-electron chi connectivity index (χ0n) is 17.0. The number of urea groups is 1. The minimum atomic E-state index is -0.132. The van der Waals surface area contributed by atoms with E-state index in [9.17, 15) is 9.59 Å². The Hall–Kier alpha value is -2.82. The SMILES string of the molecule is COc1ccc(CNC(=O)NC2CC3(C2)CC(C(=O)c2cccc(C)c2)C3)cc1. The lowest BCUT2D eigenvalue weighted by molar-refractivity contribution is -0.0353. The third-order valence-electron chi connectivity index (χ3n) is 6.34. The maximum absolute atomic E-state index is 12.6. The van der Waals surface area contributed by atoms with Crippen LogP contribution in [-0.4, -0.2) is 25.0 Å². The molecule has 2 aromatic rings. The number of hydrogen-bond donors (Lipinski definition) is 2. The van der Waals surface area contributed by atoms with Gasteiger partial charge in [-0.15, -0.1) is 0 Å². The molecule has 0 unspecified atom stereocenters. The fourth-order valence-electron chi connectivity index (χ4n) is 4.79. The first kappa shape index (κ1) is 19.5. The molecule has 152 valence electrons. The maximum Gasteiger partial charge on any atom is 0.315 e. The van der Waals surface area contributed by atoms with Gasteiger partial charge in [0.05, 0.1) is 7.11 Å². The Balaban J connectivity index is 1.18. The highest BCUT2D eigenvalue weighted by atomic mass is 16.5. The van der Waals surface area contributed by atoms with Crippen molar-refractivity contribution in [2.45, 2.75) is 45.2 Å². The van der Waals surface area contributed by atoms with Gasteiger partial charge in [0, 0.05) is 24.1 Å². The van der Waals surface area contributed by atoms with Gasteiger partial charge in [0.1, 0.15) is 5.75 Å². The number of carbonyl (C=O) groups excluding carboxylic acids is 2.